The molecule has 1 unspecified atom stereocenters. The highest BCUT2D eigenvalue weighted by Gasteiger charge is 2.15. The Kier molecular flexibility index (Phi) is 3.40. The molecule has 1 N–H and O–H groups in total. The molecular weight excluding hydrogens is 138 g/mol. The van der Waals surface area contributed by atoms with Gasteiger partial charge in [-0.3, -0.25) is 4.79 Å². The third-order valence-corrected chi connectivity index (χ3v) is 2.28. The van der Waals surface area contributed by atoms with Gasteiger partial charge in [0.2, 0.25) is 5.91 Å². The maximum atomic E-state index is 11.1. The molecule has 1 amide bonds. The molecule has 1 heterocycles. The van der Waals surface area contributed by atoms with E-state index < -0.39 is 0 Å². The second kappa shape index (κ2) is 4.37. The van der Waals surface area contributed by atoms with Gasteiger partial charge in [0.1, 0.15) is 0 Å². The Balaban J connectivity index is 2.33. The van der Waals surface area contributed by atoms with E-state index in [1.807, 2.05) is 0 Å². The second-order valence-corrected chi connectivity index (χ2v) is 3.35. The first-order valence-electron chi connectivity index (χ1n) is 4.59. The topological polar surface area (TPSA) is 29.1 Å². The van der Waals surface area contributed by atoms with Crippen molar-refractivity contribution in [3.05, 3.63) is 0 Å². The van der Waals surface area contributed by atoms with E-state index in [0.29, 0.717) is 5.92 Å². The lowest BCUT2D eigenvalue weighted by atomic mass is 9.95. The maximum absolute atomic E-state index is 11.1. The number of hydrogen-bond acceptors (Lipinski definition) is 1. The predicted molar refractivity (Wildman–Crippen MR) is 45.3 cm³/mol. The van der Waals surface area contributed by atoms with E-state index in [-0.39, 0.29) is 5.91 Å². The molecule has 64 valence electrons. The van der Waals surface area contributed by atoms with Crippen LogP contribution in [0.2, 0.25) is 0 Å². The molecule has 0 aliphatic carbocycles. The van der Waals surface area contributed by atoms with Gasteiger partial charge in [0.15, 0.2) is 0 Å². The molecule has 1 fully saturated rings. The van der Waals surface area contributed by atoms with Crippen LogP contribution >= 0.6 is 0 Å². The number of hydrogen-bond donors (Lipinski definition) is 1. The van der Waals surface area contributed by atoms with Crippen LogP contribution in [-0.4, -0.2) is 12.5 Å². The molecule has 0 aromatic carbocycles. The van der Waals surface area contributed by atoms with Gasteiger partial charge >= 0.3 is 0 Å². The lowest BCUT2D eigenvalue weighted by molar-refractivity contribution is -0.121. The van der Waals surface area contributed by atoms with Crippen molar-refractivity contribution < 1.29 is 4.79 Å². The van der Waals surface area contributed by atoms with Crippen LogP contribution in [0, 0.1) is 5.92 Å². The largest absolute Gasteiger partial charge is 0.356 e. The van der Waals surface area contributed by atoms with Crippen LogP contribution in [-0.2, 0) is 4.79 Å². The normalized spacial score (nSPS) is 25.9. The van der Waals surface area contributed by atoms with Gasteiger partial charge in [0.25, 0.3) is 0 Å². The lowest BCUT2D eigenvalue weighted by Crippen LogP contribution is -2.22. The van der Waals surface area contributed by atoms with Gasteiger partial charge in [-0.25, -0.2) is 0 Å². The van der Waals surface area contributed by atoms with Gasteiger partial charge in [0.05, 0.1) is 0 Å². The predicted octanol–water partition coefficient (Wildman–Crippen LogP) is 1.70. The van der Waals surface area contributed by atoms with Crippen LogP contribution in [0.5, 0.6) is 0 Å². The van der Waals surface area contributed by atoms with Crippen molar-refractivity contribution in [2.24, 2.45) is 5.92 Å². The zero-order valence-electron chi connectivity index (χ0n) is 7.23. The Hall–Kier alpha value is -0.530. The smallest absolute Gasteiger partial charge is 0.220 e. The third kappa shape index (κ3) is 2.91. The fraction of sp³-hybridized carbons (Fsp3) is 0.889. The summed E-state index contributed by atoms with van der Waals surface area (Å²) >= 11 is 0. The summed E-state index contributed by atoms with van der Waals surface area (Å²) in [5, 5.41) is 2.89. The van der Waals surface area contributed by atoms with E-state index in [4.69, 9.17) is 0 Å². The Morgan fingerprint density at radius 3 is 3.18 bits per heavy atom. The van der Waals surface area contributed by atoms with Gasteiger partial charge in [-0.2, -0.15) is 0 Å². The molecule has 11 heavy (non-hydrogen) atoms. The minimum Gasteiger partial charge on any atom is -0.356 e. The molecule has 1 atom stereocenters. The number of carbonyl (C=O) groups is 1. The van der Waals surface area contributed by atoms with Gasteiger partial charge in [-0.15, -0.1) is 0 Å². The Morgan fingerprint density at radius 2 is 2.45 bits per heavy atom. The van der Waals surface area contributed by atoms with Crippen LogP contribution < -0.4 is 5.32 Å². The lowest BCUT2D eigenvalue weighted by Gasteiger charge is -2.09. The van der Waals surface area contributed by atoms with E-state index in [0.717, 1.165) is 19.4 Å². The quantitative estimate of drug-likeness (QED) is 0.646. The molecule has 2 heteroatoms. The van der Waals surface area contributed by atoms with Crippen molar-refractivity contribution in [1.82, 2.24) is 5.32 Å². The fourth-order valence-corrected chi connectivity index (χ4v) is 1.71. The number of rotatable bonds is 2. The van der Waals surface area contributed by atoms with Crippen molar-refractivity contribution >= 4 is 5.91 Å². The fourth-order valence-electron chi connectivity index (χ4n) is 1.71. The Morgan fingerprint density at radius 1 is 1.64 bits per heavy atom. The molecule has 1 saturated heterocycles. The molecule has 1 aliphatic heterocycles. The van der Waals surface area contributed by atoms with E-state index in [9.17, 15) is 4.79 Å². The molecule has 0 spiro atoms. The summed E-state index contributed by atoms with van der Waals surface area (Å²) in [6, 6.07) is 0. The number of carbonyl (C=O) groups excluding carboxylic acids is 1. The first-order chi connectivity index (χ1) is 5.33. The van der Waals surface area contributed by atoms with Crippen molar-refractivity contribution in [2.75, 3.05) is 6.54 Å². The van der Waals surface area contributed by atoms with Gasteiger partial charge < -0.3 is 5.32 Å². The summed E-state index contributed by atoms with van der Waals surface area (Å²) < 4.78 is 0. The molecule has 0 aromatic rings. The molecule has 0 bridgehead atoms. The maximum Gasteiger partial charge on any atom is 0.220 e. The van der Waals surface area contributed by atoms with Crippen LogP contribution in [0.25, 0.3) is 0 Å². The number of amides is 1. The SMILES string of the molecule is CCCC1CCCNC(=O)C1. The first-order valence-corrected chi connectivity index (χ1v) is 4.59. The van der Waals surface area contributed by atoms with Crippen molar-refractivity contribution in [3.63, 3.8) is 0 Å². The summed E-state index contributed by atoms with van der Waals surface area (Å²) in [5.74, 6) is 0.906. The summed E-state index contributed by atoms with van der Waals surface area (Å²) in [6.07, 6.45) is 5.57. The minimum absolute atomic E-state index is 0.251. The summed E-state index contributed by atoms with van der Waals surface area (Å²) in [4.78, 5) is 11.1. The zero-order valence-corrected chi connectivity index (χ0v) is 7.23. The summed E-state index contributed by atoms with van der Waals surface area (Å²) in [6.45, 7) is 3.07. The summed E-state index contributed by atoms with van der Waals surface area (Å²) in [5.41, 5.74) is 0. The van der Waals surface area contributed by atoms with E-state index in [1.165, 1.54) is 19.3 Å². The monoisotopic (exact) mass is 155 g/mol. The van der Waals surface area contributed by atoms with Crippen molar-refractivity contribution in [1.29, 1.82) is 0 Å². The second-order valence-electron chi connectivity index (χ2n) is 3.35. The van der Waals surface area contributed by atoms with Gasteiger partial charge in [0, 0.05) is 13.0 Å². The van der Waals surface area contributed by atoms with Gasteiger partial charge in [-0.05, 0) is 18.8 Å². The first kappa shape index (κ1) is 8.57. The van der Waals surface area contributed by atoms with E-state index >= 15 is 0 Å². The third-order valence-electron chi connectivity index (χ3n) is 2.28. The van der Waals surface area contributed by atoms with E-state index in [1.54, 1.807) is 0 Å². The van der Waals surface area contributed by atoms with Gasteiger partial charge in [-0.1, -0.05) is 19.8 Å². The molecule has 0 aromatic heterocycles. The van der Waals surface area contributed by atoms with Crippen LogP contribution in [0.1, 0.15) is 39.0 Å². The molecule has 0 radical (unpaired) electrons. The molecular formula is C9H17NO. The highest BCUT2D eigenvalue weighted by atomic mass is 16.1. The van der Waals surface area contributed by atoms with Crippen LogP contribution in [0.4, 0.5) is 0 Å². The Bertz CT molecular complexity index is 134. The summed E-state index contributed by atoms with van der Waals surface area (Å²) in [7, 11) is 0. The average Bonchev–Trinajstić information content (AvgIpc) is 2.15. The molecule has 0 saturated carbocycles. The highest BCUT2D eigenvalue weighted by Crippen LogP contribution is 2.19. The number of nitrogens with one attached hydrogen (secondary N) is 1. The van der Waals surface area contributed by atoms with Crippen molar-refractivity contribution in [3.8, 4) is 0 Å². The molecule has 1 rings (SSSR count). The highest BCUT2D eigenvalue weighted by molar-refractivity contribution is 5.76. The standard InChI is InChI=1S/C9H17NO/c1-2-4-8-5-3-6-10-9(11)7-8/h8H,2-7H2,1H3,(H,10,11). The zero-order chi connectivity index (χ0) is 8.10. The molecule has 2 nitrogen and oxygen atoms in total. The van der Waals surface area contributed by atoms with Crippen LogP contribution in [0.15, 0.2) is 0 Å². The average molecular weight is 155 g/mol. The van der Waals surface area contributed by atoms with Crippen molar-refractivity contribution in [2.45, 2.75) is 39.0 Å². The Labute approximate surface area is 68.4 Å². The van der Waals surface area contributed by atoms with E-state index in [2.05, 4.69) is 12.2 Å². The minimum atomic E-state index is 0.251. The molecule has 1 aliphatic rings. The van der Waals surface area contributed by atoms with Crippen LogP contribution in [0.3, 0.4) is 0 Å².